The van der Waals surface area contributed by atoms with Gasteiger partial charge in [-0.3, -0.25) is 9.59 Å². The predicted molar refractivity (Wildman–Crippen MR) is 106 cm³/mol. The van der Waals surface area contributed by atoms with Crippen LogP contribution in [0.15, 0.2) is 28.7 Å². The van der Waals surface area contributed by atoms with Crippen LogP contribution in [0.5, 0.6) is 0 Å². The highest BCUT2D eigenvalue weighted by atomic mass is 79.9. The van der Waals surface area contributed by atoms with Crippen LogP contribution in [-0.4, -0.2) is 40.4 Å². The number of nitrogens with one attached hydrogen (secondary N) is 2. The van der Waals surface area contributed by atoms with E-state index in [0.29, 0.717) is 12.8 Å². The highest BCUT2D eigenvalue weighted by Crippen LogP contribution is 2.35. The zero-order chi connectivity index (χ0) is 19.6. The molecule has 1 saturated heterocycles. The topological polar surface area (TPSA) is 78.5 Å². The van der Waals surface area contributed by atoms with Crippen LogP contribution in [-0.2, 0) is 16.0 Å². The van der Waals surface area contributed by atoms with Gasteiger partial charge in [0.1, 0.15) is 11.6 Å². The molecule has 146 valence electrons. The van der Waals surface area contributed by atoms with Crippen molar-refractivity contribution in [3.8, 4) is 0 Å². The van der Waals surface area contributed by atoms with E-state index in [4.69, 9.17) is 0 Å². The normalized spacial score (nSPS) is 20.6. The first-order valence-electron chi connectivity index (χ1n) is 9.53. The third-order valence-corrected chi connectivity index (χ3v) is 6.11. The Morgan fingerprint density at radius 3 is 2.48 bits per heavy atom. The maximum Gasteiger partial charge on any atom is 0.325 e. The standard InChI is InChI=1S/C20H26BrN3O3/c1-13(5-6-15-7-9-16(21)10-8-15)22-17(25)14(2)24-18(26)20(23-19(24)27)11-3-4-12-20/h7-10,13-14H,3-6,11-12H2,1-2H3,(H,22,25)(H,23,27)/t13-,14+/m1/s1. The van der Waals surface area contributed by atoms with Crippen molar-refractivity contribution in [3.63, 3.8) is 0 Å². The molecule has 2 aliphatic rings. The zero-order valence-corrected chi connectivity index (χ0v) is 17.3. The quantitative estimate of drug-likeness (QED) is 0.673. The fourth-order valence-corrected chi connectivity index (χ4v) is 4.16. The van der Waals surface area contributed by atoms with Crippen molar-refractivity contribution in [2.45, 2.75) is 70.0 Å². The Kier molecular flexibility index (Phi) is 5.89. The second-order valence-electron chi connectivity index (χ2n) is 7.65. The maximum atomic E-state index is 12.8. The van der Waals surface area contributed by atoms with Crippen LogP contribution in [0, 0.1) is 0 Å². The summed E-state index contributed by atoms with van der Waals surface area (Å²) in [6.07, 6.45) is 4.79. The van der Waals surface area contributed by atoms with E-state index in [0.717, 1.165) is 35.1 Å². The molecule has 1 aromatic carbocycles. The van der Waals surface area contributed by atoms with Gasteiger partial charge in [0.25, 0.3) is 5.91 Å². The summed E-state index contributed by atoms with van der Waals surface area (Å²) in [6, 6.07) is 6.78. The summed E-state index contributed by atoms with van der Waals surface area (Å²) < 4.78 is 1.04. The Hall–Kier alpha value is -1.89. The van der Waals surface area contributed by atoms with Crippen molar-refractivity contribution in [1.82, 2.24) is 15.5 Å². The molecule has 27 heavy (non-hydrogen) atoms. The molecule has 0 radical (unpaired) electrons. The van der Waals surface area contributed by atoms with Crippen molar-refractivity contribution in [1.29, 1.82) is 0 Å². The number of carbonyl (C=O) groups is 3. The Balaban J connectivity index is 1.54. The number of hydrogen-bond acceptors (Lipinski definition) is 3. The van der Waals surface area contributed by atoms with Crippen molar-refractivity contribution >= 4 is 33.8 Å². The largest absolute Gasteiger partial charge is 0.352 e. The molecule has 1 aliphatic carbocycles. The van der Waals surface area contributed by atoms with Crippen LogP contribution >= 0.6 is 15.9 Å². The number of rotatable bonds is 6. The van der Waals surface area contributed by atoms with Gasteiger partial charge in [-0.15, -0.1) is 0 Å². The summed E-state index contributed by atoms with van der Waals surface area (Å²) in [5, 5.41) is 5.76. The van der Waals surface area contributed by atoms with Crippen LogP contribution in [0.4, 0.5) is 4.79 Å². The van der Waals surface area contributed by atoms with Crippen molar-refractivity contribution in [3.05, 3.63) is 34.3 Å². The van der Waals surface area contributed by atoms with Crippen molar-refractivity contribution in [2.24, 2.45) is 0 Å². The molecule has 2 atom stereocenters. The average Bonchev–Trinajstić information content (AvgIpc) is 3.19. The van der Waals surface area contributed by atoms with E-state index in [9.17, 15) is 14.4 Å². The van der Waals surface area contributed by atoms with Gasteiger partial charge in [0.2, 0.25) is 5.91 Å². The third-order valence-electron chi connectivity index (χ3n) is 5.58. The molecule has 2 N–H and O–H groups in total. The molecule has 0 bridgehead atoms. The molecule has 1 spiro atoms. The van der Waals surface area contributed by atoms with E-state index in [1.165, 1.54) is 5.56 Å². The SMILES string of the molecule is C[C@H](CCc1ccc(Br)cc1)NC(=O)[C@H](C)N1C(=O)NC2(CCCC2)C1=O. The summed E-state index contributed by atoms with van der Waals surface area (Å²) >= 11 is 3.42. The minimum Gasteiger partial charge on any atom is -0.352 e. The van der Waals surface area contributed by atoms with Gasteiger partial charge in [-0.05, 0) is 57.2 Å². The number of hydrogen-bond donors (Lipinski definition) is 2. The molecule has 1 saturated carbocycles. The average molecular weight is 436 g/mol. The van der Waals surface area contributed by atoms with Crippen molar-refractivity contribution in [2.75, 3.05) is 0 Å². The first-order chi connectivity index (χ1) is 12.8. The Bertz CT molecular complexity index is 728. The summed E-state index contributed by atoms with van der Waals surface area (Å²) in [6.45, 7) is 3.55. The molecule has 7 heteroatoms. The molecule has 1 aromatic rings. The van der Waals surface area contributed by atoms with Gasteiger partial charge < -0.3 is 10.6 Å². The lowest BCUT2D eigenvalue weighted by atomic mass is 9.97. The molecular weight excluding hydrogens is 410 g/mol. The van der Waals surface area contributed by atoms with Crippen LogP contribution in [0.3, 0.4) is 0 Å². The van der Waals surface area contributed by atoms with Gasteiger partial charge in [0.05, 0.1) is 0 Å². The van der Waals surface area contributed by atoms with Gasteiger partial charge in [0, 0.05) is 10.5 Å². The van der Waals surface area contributed by atoms with E-state index in [-0.39, 0.29) is 17.9 Å². The molecule has 0 unspecified atom stereocenters. The molecule has 4 amide bonds. The van der Waals surface area contributed by atoms with Gasteiger partial charge in [0.15, 0.2) is 0 Å². The lowest BCUT2D eigenvalue weighted by Gasteiger charge is -2.25. The number of aryl methyl sites for hydroxylation is 1. The second kappa shape index (κ2) is 8.00. The predicted octanol–water partition coefficient (Wildman–Crippen LogP) is 3.14. The summed E-state index contributed by atoms with van der Waals surface area (Å²) in [7, 11) is 0. The molecule has 1 heterocycles. The lowest BCUT2D eigenvalue weighted by Crippen LogP contribution is -2.51. The minimum absolute atomic E-state index is 0.0511. The maximum absolute atomic E-state index is 12.8. The Labute approximate surface area is 168 Å². The van der Waals surface area contributed by atoms with Gasteiger partial charge in [-0.25, -0.2) is 9.69 Å². The fourth-order valence-electron chi connectivity index (χ4n) is 3.90. The molecule has 1 aliphatic heterocycles. The van der Waals surface area contributed by atoms with Gasteiger partial charge in [-0.2, -0.15) is 0 Å². The molecule has 3 rings (SSSR count). The third kappa shape index (κ3) is 4.18. The summed E-state index contributed by atoms with van der Waals surface area (Å²) in [4.78, 5) is 38.8. The summed E-state index contributed by atoms with van der Waals surface area (Å²) in [5.74, 6) is -0.549. The number of imide groups is 1. The first kappa shape index (κ1) is 19.9. The minimum atomic E-state index is -0.812. The van der Waals surface area contributed by atoms with E-state index in [2.05, 4.69) is 38.7 Å². The molecule has 6 nitrogen and oxygen atoms in total. The van der Waals surface area contributed by atoms with Crippen LogP contribution in [0.25, 0.3) is 0 Å². The first-order valence-corrected chi connectivity index (χ1v) is 10.3. The number of urea groups is 1. The smallest absolute Gasteiger partial charge is 0.325 e. The van der Waals surface area contributed by atoms with Crippen LogP contribution in [0.1, 0.15) is 51.5 Å². The zero-order valence-electron chi connectivity index (χ0n) is 15.8. The lowest BCUT2D eigenvalue weighted by molar-refractivity contribution is -0.138. The fraction of sp³-hybridized carbons (Fsp3) is 0.550. The molecular formula is C20H26BrN3O3. The highest BCUT2D eigenvalue weighted by molar-refractivity contribution is 9.10. The van der Waals surface area contributed by atoms with Gasteiger partial charge >= 0.3 is 6.03 Å². The van der Waals surface area contributed by atoms with Crippen molar-refractivity contribution < 1.29 is 14.4 Å². The monoisotopic (exact) mass is 435 g/mol. The molecule has 2 fully saturated rings. The number of amides is 4. The Morgan fingerprint density at radius 2 is 1.85 bits per heavy atom. The van der Waals surface area contributed by atoms with Gasteiger partial charge in [-0.1, -0.05) is 40.9 Å². The van der Waals surface area contributed by atoms with Crippen LogP contribution in [0.2, 0.25) is 0 Å². The molecule has 0 aromatic heterocycles. The number of halogens is 1. The van der Waals surface area contributed by atoms with E-state index in [1.807, 2.05) is 19.1 Å². The second-order valence-corrected chi connectivity index (χ2v) is 8.56. The summed E-state index contributed by atoms with van der Waals surface area (Å²) in [5.41, 5.74) is 0.420. The number of nitrogens with zero attached hydrogens (tertiary/aromatic N) is 1. The number of benzene rings is 1. The van der Waals surface area contributed by atoms with Crippen LogP contribution < -0.4 is 10.6 Å². The number of carbonyl (C=O) groups excluding carboxylic acids is 3. The van der Waals surface area contributed by atoms with E-state index >= 15 is 0 Å². The highest BCUT2D eigenvalue weighted by Gasteiger charge is 2.54. The van der Waals surface area contributed by atoms with E-state index < -0.39 is 17.6 Å². The Morgan fingerprint density at radius 1 is 1.22 bits per heavy atom. The van der Waals surface area contributed by atoms with E-state index in [1.54, 1.807) is 6.92 Å².